The molecule has 6 heteroatoms. The average molecular weight is 359 g/mol. The third-order valence-corrected chi connectivity index (χ3v) is 6.55. The maximum absolute atomic E-state index is 12.8. The van der Waals surface area contributed by atoms with E-state index in [2.05, 4.69) is 11.8 Å². The van der Waals surface area contributed by atoms with Gasteiger partial charge in [-0.25, -0.2) is 8.42 Å². The maximum atomic E-state index is 12.8. The number of rotatable bonds is 3. The van der Waals surface area contributed by atoms with Gasteiger partial charge in [0, 0.05) is 20.0 Å². The van der Waals surface area contributed by atoms with Crippen LogP contribution in [0.3, 0.4) is 0 Å². The Morgan fingerprint density at radius 2 is 2.04 bits per heavy atom. The van der Waals surface area contributed by atoms with Crippen LogP contribution in [0.4, 0.5) is 0 Å². The highest BCUT2D eigenvalue weighted by atomic mass is 32.2. The number of hydrogen-bond acceptors (Lipinski definition) is 4. The van der Waals surface area contributed by atoms with Crippen LogP contribution in [0.25, 0.3) is 0 Å². The van der Waals surface area contributed by atoms with Crippen molar-refractivity contribution in [1.29, 1.82) is 0 Å². The molecule has 1 heterocycles. The Balaban J connectivity index is 1.76. The van der Waals surface area contributed by atoms with Crippen LogP contribution in [0.2, 0.25) is 0 Å². The second-order valence-corrected chi connectivity index (χ2v) is 8.60. The Morgan fingerprint density at radius 3 is 2.64 bits per heavy atom. The molecule has 2 aliphatic rings. The predicted octanol–water partition coefficient (Wildman–Crippen LogP) is 2.48. The molecule has 2 unspecified atom stereocenters. The first-order valence-corrected chi connectivity index (χ1v) is 9.65. The lowest BCUT2D eigenvalue weighted by Gasteiger charge is -2.19. The van der Waals surface area contributed by atoms with Crippen molar-refractivity contribution in [3.8, 4) is 11.8 Å². The zero-order valence-electron chi connectivity index (χ0n) is 14.6. The van der Waals surface area contributed by atoms with E-state index in [0.717, 1.165) is 12.0 Å². The quantitative estimate of drug-likeness (QED) is 0.472. The van der Waals surface area contributed by atoms with Crippen molar-refractivity contribution in [2.24, 2.45) is 11.3 Å². The normalized spacial score (nSPS) is 25.7. The van der Waals surface area contributed by atoms with Gasteiger partial charge in [-0.15, -0.1) is 0 Å². The number of carbonyl (C=O) groups excluding carboxylic acids is 1. The first-order chi connectivity index (χ1) is 11.8. The van der Waals surface area contributed by atoms with Gasteiger partial charge < -0.3 is 4.74 Å². The van der Waals surface area contributed by atoms with Crippen LogP contribution >= 0.6 is 0 Å². The number of aryl methyl sites for hydroxylation is 1. The van der Waals surface area contributed by atoms with Crippen molar-refractivity contribution in [2.45, 2.75) is 32.1 Å². The molecular weight excluding hydrogens is 338 g/mol. The molecule has 3 rings (SSSR count). The molecule has 25 heavy (non-hydrogen) atoms. The molecule has 0 N–H and O–H groups in total. The van der Waals surface area contributed by atoms with Gasteiger partial charge in [0.1, 0.15) is 0 Å². The third-order valence-electron chi connectivity index (χ3n) is 4.72. The van der Waals surface area contributed by atoms with E-state index in [0.29, 0.717) is 23.7 Å². The van der Waals surface area contributed by atoms with E-state index in [-0.39, 0.29) is 11.3 Å². The van der Waals surface area contributed by atoms with E-state index in [1.165, 1.54) is 11.2 Å². The largest absolute Gasteiger partial charge is 0.418 e. The minimum atomic E-state index is -3.49. The summed E-state index contributed by atoms with van der Waals surface area (Å²) in [6, 6.07) is 6.89. The number of allylic oxidation sites excluding steroid dienone is 2. The molecule has 1 aromatic carbocycles. The molecule has 5 nitrogen and oxygen atoms in total. The molecule has 0 aromatic heterocycles. The fraction of sp³-hybridized carbons (Fsp3) is 0.421. The molecule has 0 amide bonds. The molecule has 2 atom stereocenters. The van der Waals surface area contributed by atoms with Crippen LogP contribution in [-0.2, 0) is 19.6 Å². The maximum Gasteiger partial charge on any atom is 0.308 e. The van der Waals surface area contributed by atoms with Gasteiger partial charge in [0.2, 0.25) is 10.0 Å². The highest BCUT2D eigenvalue weighted by Gasteiger charge is 2.61. The Kier molecular flexibility index (Phi) is 4.48. The van der Waals surface area contributed by atoms with Crippen molar-refractivity contribution in [3.63, 3.8) is 0 Å². The minimum Gasteiger partial charge on any atom is -0.418 e. The fourth-order valence-corrected chi connectivity index (χ4v) is 4.73. The lowest BCUT2D eigenvalue weighted by molar-refractivity contribution is -0.136. The smallest absolute Gasteiger partial charge is 0.308 e. The third kappa shape index (κ3) is 3.48. The van der Waals surface area contributed by atoms with E-state index in [1.807, 2.05) is 6.92 Å². The summed E-state index contributed by atoms with van der Waals surface area (Å²) < 4.78 is 32.1. The highest BCUT2D eigenvalue weighted by Crippen LogP contribution is 2.58. The summed E-state index contributed by atoms with van der Waals surface area (Å²) in [5.74, 6) is 6.18. The monoisotopic (exact) mass is 359 g/mol. The van der Waals surface area contributed by atoms with Crippen LogP contribution in [-0.4, -0.2) is 31.8 Å². The van der Waals surface area contributed by atoms with Gasteiger partial charge in [-0.05, 0) is 50.3 Å². The summed E-state index contributed by atoms with van der Waals surface area (Å²) >= 11 is 0. The van der Waals surface area contributed by atoms with Gasteiger partial charge in [0.05, 0.1) is 10.3 Å². The van der Waals surface area contributed by atoms with Crippen molar-refractivity contribution < 1.29 is 17.9 Å². The number of fused-ring (bicyclic) bond motifs is 1. The number of carbonyl (C=O) groups is 1. The van der Waals surface area contributed by atoms with Crippen LogP contribution < -0.4 is 0 Å². The average Bonchev–Trinajstić information content (AvgIpc) is 3.11. The van der Waals surface area contributed by atoms with Crippen molar-refractivity contribution in [1.82, 2.24) is 4.31 Å². The van der Waals surface area contributed by atoms with Gasteiger partial charge in [-0.2, -0.15) is 4.31 Å². The zero-order valence-corrected chi connectivity index (χ0v) is 15.4. The van der Waals surface area contributed by atoms with E-state index in [1.54, 1.807) is 37.3 Å². The van der Waals surface area contributed by atoms with Crippen LogP contribution in [0.1, 0.15) is 25.8 Å². The van der Waals surface area contributed by atoms with Crippen molar-refractivity contribution in [2.75, 3.05) is 13.1 Å². The Morgan fingerprint density at radius 1 is 1.36 bits per heavy atom. The number of nitrogens with zero attached hydrogens (tertiary/aromatic N) is 1. The van der Waals surface area contributed by atoms with Gasteiger partial charge in [-0.1, -0.05) is 23.6 Å². The number of piperidine rings is 1. The predicted molar refractivity (Wildman–Crippen MR) is 93.8 cm³/mol. The SMILES string of the molecule is C/C=C(/C#CC12CC1CN(S(=O)(=O)c1ccc(C)cc1)C2)OC(C)=O. The molecule has 1 saturated carbocycles. The number of benzene rings is 1. The van der Waals surface area contributed by atoms with Gasteiger partial charge in [-0.3, -0.25) is 4.79 Å². The van der Waals surface area contributed by atoms with Crippen molar-refractivity contribution in [3.05, 3.63) is 41.7 Å². The molecule has 1 aliphatic carbocycles. The summed E-state index contributed by atoms with van der Waals surface area (Å²) in [6.45, 7) is 5.88. The minimum absolute atomic E-state index is 0.246. The number of sulfonamides is 1. The van der Waals surface area contributed by atoms with Crippen LogP contribution in [0, 0.1) is 30.1 Å². The van der Waals surface area contributed by atoms with Crippen LogP contribution in [0.5, 0.6) is 0 Å². The molecule has 0 radical (unpaired) electrons. The lowest BCUT2D eigenvalue weighted by atomic mass is 10.1. The Labute approximate surface area is 148 Å². The van der Waals surface area contributed by atoms with Gasteiger partial charge in [0.15, 0.2) is 5.76 Å². The Hall–Kier alpha value is -2.10. The topological polar surface area (TPSA) is 63.7 Å². The number of esters is 1. The molecular formula is C19H21NO4S. The fourth-order valence-electron chi connectivity index (χ4n) is 3.17. The Bertz CT molecular complexity index is 890. The second-order valence-electron chi connectivity index (χ2n) is 6.66. The second kappa shape index (κ2) is 6.32. The van der Waals surface area contributed by atoms with E-state index < -0.39 is 16.0 Å². The summed E-state index contributed by atoms with van der Waals surface area (Å²) in [7, 11) is -3.49. The van der Waals surface area contributed by atoms with Crippen LogP contribution in [0.15, 0.2) is 41.0 Å². The molecule has 0 spiro atoms. The summed E-state index contributed by atoms with van der Waals surface area (Å²) in [6.07, 6.45) is 2.52. The molecule has 1 aliphatic heterocycles. The lowest BCUT2D eigenvalue weighted by Crippen LogP contribution is -2.31. The molecule has 0 bridgehead atoms. The highest BCUT2D eigenvalue weighted by molar-refractivity contribution is 7.89. The van der Waals surface area contributed by atoms with Gasteiger partial charge in [0.25, 0.3) is 0 Å². The summed E-state index contributed by atoms with van der Waals surface area (Å²) in [4.78, 5) is 11.4. The molecule has 1 aromatic rings. The molecule has 132 valence electrons. The molecule has 2 fully saturated rings. The zero-order chi connectivity index (χ0) is 18.2. The van der Waals surface area contributed by atoms with E-state index in [9.17, 15) is 13.2 Å². The number of hydrogen-bond donors (Lipinski definition) is 0. The van der Waals surface area contributed by atoms with E-state index in [4.69, 9.17) is 4.74 Å². The van der Waals surface area contributed by atoms with E-state index >= 15 is 0 Å². The first kappa shape index (κ1) is 17.7. The van der Waals surface area contributed by atoms with Gasteiger partial charge >= 0.3 is 5.97 Å². The standard InChI is InChI=1S/C19H21NO4S/c1-4-17(24-15(3)21)9-10-19-11-16(19)12-20(13-19)25(22,23)18-7-5-14(2)6-8-18/h4-8,16H,11-13H2,1-3H3/b17-4-. The summed E-state index contributed by atoms with van der Waals surface area (Å²) in [5, 5.41) is 0. The number of ether oxygens (including phenoxy) is 1. The van der Waals surface area contributed by atoms with Crippen molar-refractivity contribution >= 4 is 16.0 Å². The summed E-state index contributed by atoms with van der Waals surface area (Å²) in [5.41, 5.74) is 0.710. The first-order valence-electron chi connectivity index (χ1n) is 8.21. The molecule has 1 saturated heterocycles.